The number of rotatable bonds is 3. The maximum absolute atomic E-state index is 10.2. The van der Waals surface area contributed by atoms with Gasteiger partial charge in [-0.1, -0.05) is 48.7 Å². The summed E-state index contributed by atoms with van der Waals surface area (Å²) < 4.78 is 3.26. The molecule has 2 atom stereocenters. The van der Waals surface area contributed by atoms with Gasteiger partial charge in [0.15, 0.2) is 6.10 Å². The minimum absolute atomic E-state index is 0.109. The molecular formula is C8H11Cl3O2. The summed E-state index contributed by atoms with van der Waals surface area (Å²) in [7, 11) is 0. The van der Waals surface area contributed by atoms with Crippen molar-refractivity contribution in [2.45, 2.75) is 30.2 Å². The van der Waals surface area contributed by atoms with Gasteiger partial charge in [0.2, 0.25) is 3.79 Å². The number of hydrogen-bond acceptors (Lipinski definition) is 2. The fraction of sp³-hybridized carbons (Fsp3) is 0.875. The molecule has 1 aliphatic carbocycles. The van der Waals surface area contributed by atoms with Gasteiger partial charge < -0.3 is 4.74 Å². The Balaban J connectivity index is 2.65. The number of hydrogen-bond donors (Lipinski definition) is 0. The third-order valence-electron chi connectivity index (χ3n) is 2.48. The van der Waals surface area contributed by atoms with Crippen LogP contribution in [0.5, 0.6) is 0 Å². The maximum atomic E-state index is 10.2. The van der Waals surface area contributed by atoms with Crippen molar-refractivity contribution in [2.75, 3.05) is 0 Å². The summed E-state index contributed by atoms with van der Waals surface area (Å²) in [6, 6.07) is 0. The fourth-order valence-corrected chi connectivity index (χ4v) is 2.10. The lowest BCUT2D eigenvalue weighted by atomic mass is 10.1. The first kappa shape index (κ1) is 11.4. The van der Waals surface area contributed by atoms with Gasteiger partial charge in [-0.3, -0.25) is 4.79 Å². The second-order valence-electron chi connectivity index (χ2n) is 3.99. The van der Waals surface area contributed by atoms with Crippen LogP contribution in [0, 0.1) is 11.3 Å². The number of carbonyl (C=O) groups is 1. The van der Waals surface area contributed by atoms with E-state index in [1.807, 2.05) is 0 Å². The molecule has 0 aromatic carbocycles. The van der Waals surface area contributed by atoms with Crippen LogP contribution >= 0.6 is 34.8 Å². The van der Waals surface area contributed by atoms with E-state index in [0.29, 0.717) is 6.47 Å². The van der Waals surface area contributed by atoms with E-state index in [1.54, 1.807) is 0 Å². The van der Waals surface area contributed by atoms with Gasteiger partial charge in [-0.25, -0.2) is 0 Å². The molecule has 1 rings (SSSR count). The van der Waals surface area contributed by atoms with Gasteiger partial charge in [0.25, 0.3) is 6.47 Å². The van der Waals surface area contributed by atoms with Crippen LogP contribution < -0.4 is 0 Å². The third kappa shape index (κ3) is 2.64. The molecule has 0 aromatic heterocycles. The molecule has 13 heavy (non-hydrogen) atoms. The summed E-state index contributed by atoms with van der Waals surface area (Å²) in [5.41, 5.74) is 0.109. The lowest BCUT2D eigenvalue weighted by Crippen LogP contribution is -2.32. The molecule has 0 spiro atoms. The van der Waals surface area contributed by atoms with Gasteiger partial charge in [-0.05, 0) is 11.8 Å². The normalized spacial score (nSPS) is 27.9. The molecule has 0 aliphatic heterocycles. The lowest BCUT2D eigenvalue weighted by molar-refractivity contribution is -0.134. The summed E-state index contributed by atoms with van der Waals surface area (Å²) in [6.45, 7) is 4.44. The highest BCUT2D eigenvalue weighted by molar-refractivity contribution is 6.68. The third-order valence-corrected chi connectivity index (χ3v) is 3.13. The van der Waals surface area contributed by atoms with Crippen LogP contribution in [-0.4, -0.2) is 16.4 Å². The van der Waals surface area contributed by atoms with E-state index >= 15 is 0 Å². The van der Waals surface area contributed by atoms with Crippen LogP contribution in [-0.2, 0) is 9.53 Å². The van der Waals surface area contributed by atoms with E-state index in [9.17, 15) is 4.79 Å². The molecule has 1 fully saturated rings. The first-order valence-corrected chi connectivity index (χ1v) is 5.08. The summed E-state index contributed by atoms with van der Waals surface area (Å²) in [4.78, 5) is 10.2. The zero-order chi connectivity index (χ0) is 10.3. The number of halogens is 3. The Bertz CT molecular complexity index is 210. The van der Waals surface area contributed by atoms with E-state index in [0.717, 1.165) is 6.42 Å². The first-order chi connectivity index (χ1) is 5.79. The number of carbonyl (C=O) groups excluding carboxylic acids is 1. The Morgan fingerprint density at radius 1 is 1.54 bits per heavy atom. The predicted molar refractivity (Wildman–Crippen MR) is 53.1 cm³/mol. The van der Waals surface area contributed by atoms with Gasteiger partial charge >= 0.3 is 0 Å². The molecule has 2 unspecified atom stereocenters. The van der Waals surface area contributed by atoms with Crippen LogP contribution in [0.2, 0.25) is 0 Å². The van der Waals surface area contributed by atoms with E-state index < -0.39 is 9.90 Å². The van der Waals surface area contributed by atoms with Crippen LogP contribution in [0.1, 0.15) is 20.3 Å². The molecular weight excluding hydrogens is 234 g/mol. The highest BCUT2D eigenvalue weighted by atomic mass is 35.6. The van der Waals surface area contributed by atoms with Crippen molar-refractivity contribution in [2.24, 2.45) is 11.3 Å². The summed E-state index contributed by atoms with van der Waals surface area (Å²) in [6.07, 6.45) is 0.282. The molecule has 1 saturated carbocycles. The van der Waals surface area contributed by atoms with Gasteiger partial charge in [0, 0.05) is 5.92 Å². The van der Waals surface area contributed by atoms with Crippen molar-refractivity contribution in [3.63, 3.8) is 0 Å². The Morgan fingerprint density at radius 3 is 2.23 bits per heavy atom. The highest BCUT2D eigenvalue weighted by Gasteiger charge is 2.57. The monoisotopic (exact) mass is 244 g/mol. The quantitative estimate of drug-likeness (QED) is 0.564. The zero-order valence-electron chi connectivity index (χ0n) is 7.39. The van der Waals surface area contributed by atoms with E-state index in [-0.39, 0.29) is 11.3 Å². The molecule has 0 amide bonds. The van der Waals surface area contributed by atoms with Crippen LogP contribution in [0.15, 0.2) is 0 Å². The van der Waals surface area contributed by atoms with Crippen LogP contribution in [0.3, 0.4) is 0 Å². The first-order valence-electron chi connectivity index (χ1n) is 3.95. The van der Waals surface area contributed by atoms with Crippen molar-refractivity contribution in [1.82, 2.24) is 0 Å². The van der Waals surface area contributed by atoms with Crippen molar-refractivity contribution in [3.8, 4) is 0 Å². The summed E-state index contributed by atoms with van der Waals surface area (Å²) >= 11 is 17.1. The second-order valence-corrected chi connectivity index (χ2v) is 6.36. The van der Waals surface area contributed by atoms with Gasteiger partial charge in [-0.15, -0.1) is 0 Å². The average Bonchev–Trinajstić information content (AvgIpc) is 2.52. The molecule has 2 nitrogen and oxygen atoms in total. The lowest BCUT2D eigenvalue weighted by Gasteiger charge is -2.23. The molecule has 0 saturated heterocycles. The molecule has 76 valence electrons. The topological polar surface area (TPSA) is 26.3 Å². The molecule has 0 N–H and O–H groups in total. The number of alkyl halides is 3. The Labute approximate surface area is 92.5 Å². The van der Waals surface area contributed by atoms with Crippen molar-refractivity contribution in [1.29, 1.82) is 0 Å². The standard InChI is InChI=1S/C8H11Cl3O2/c1-7(2)3-5(7)6(13-4-12)8(9,10)11/h4-6H,3H2,1-2H3. The van der Waals surface area contributed by atoms with Gasteiger partial charge in [0.1, 0.15) is 0 Å². The van der Waals surface area contributed by atoms with Gasteiger partial charge in [0.05, 0.1) is 0 Å². The molecule has 0 heterocycles. The van der Waals surface area contributed by atoms with Crippen molar-refractivity contribution in [3.05, 3.63) is 0 Å². The molecule has 1 aliphatic rings. The number of ether oxygens (including phenoxy) is 1. The Hall–Kier alpha value is 0.340. The summed E-state index contributed by atoms with van der Waals surface area (Å²) in [5, 5.41) is 0. The SMILES string of the molecule is CC1(C)CC1C(OC=O)C(Cl)(Cl)Cl. The maximum Gasteiger partial charge on any atom is 0.293 e. The smallest absolute Gasteiger partial charge is 0.293 e. The fourth-order valence-electron chi connectivity index (χ4n) is 1.48. The van der Waals surface area contributed by atoms with Gasteiger partial charge in [-0.2, -0.15) is 0 Å². The molecule has 0 aromatic rings. The predicted octanol–water partition coefficient (Wildman–Crippen LogP) is 2.94. The van der Waals surface area contributed by atoms with Crippen molar-refractivity contribution < 1.29 is 9.53 Å². The minimum atomic E-state index is -1.53. The zero-order valence-corrected chi connectivity index (χ0v) is 9.66. The summed E-state index contributed by atoms with van der Waals surface area (Å²) in [5.74, 6) is 0.144. The average molecular weight is 246 g/mol. The van der Waals surface area contributed by atoms with Crippen molar-refractivity contribution >= 4 is 41.3 Å². The van der Waals surface area contributed by atoms with E-state index in [2.05, 4.69) is 13.8 Å². The minimum Gasteiger partial charge on any atom is -0.460 e. The highest BCUT2D eigenvalue weighted by Crippen LogP contribution is 2.58. The Morgan fingerprint density at radius 2 is 2.00 bits per heavy atom. The molecule has 0 bridgehead atoms. The molecule has 5 heteroatoms. The van der Waals surface area contributed by atoms with Crippen LogP contribution in [0.4, 0.5) is 0 Å². The molecule has 0 radical (unpaired) electrons. The second kappa shape index (κ2) is 3.48. The van der Waals surface area contributed by atoms with Crippen LogP contribution in [0.25, 0.3) is 0 Å². The van der Waals surface area contributed by atoms with E-state index in [4.69, 9.17) is 39.5 Å². The Kier molecular flexibility index (Phi) is 3.06. The van der Waals surface area contributed by atoms with E-state index in [1.165, 1.54) is 0 Å². The largest absolute Gasteiger partial charge is 0.460 e.